The number of aryl methyl sites for hydroxylation is 1. The first-order valence-corrected chi connectivity index (χ1v) is 11.1. The summed E-state index contributed by atoms with van der Waals surface area (Å²) < 4.78 is 16.3. The first-order chi connectivity index (χ1) is 15.8. The number of likely N-dealkylation sites (N-methyl/N-ethyl adjacent to an activating group) is 1. The molecule has 1 atom stereocenters. The number of rotatable bonds is 5. The van der Waals surface area contributed by atoms with Crippen LogP contribution in [0.25, 0.3) is 22.0 Å². The summed E-state index contributed by atoms with van der Waals surface area (Å²) in [4.78, 5) is 27.2. The topological polar surface area (TPSA) is 109 Å². The Hall–Kier alpha value is -3.70. The normalized spacial score (nSPS) is 18.2. The molecule has 1 fully saturated rings. The number of anilines is 2. The molecule has 0 unspecified atom stereocenters. The Bertz CT molecular complexity index is 1350. The number of hydrogen-bond donors (Lipinski definition) is 2. The second-order valence-corrected chi connectivity index (χ2v) is 8.69. The fraction of sp³-hybridized carbons (Fsp3) is 0.227. The summed E-state index contributed by atoms with van der Waals surface area (Å²) in [5.74, 6) is -0.121. The number of amides is 1. The molecule has 1 aliphatic heterocycles. The van der Waals surface area contributed by atoms with Crippen molar-refractivity contribution in [1.82, 2.24) is 29.6 Å². The van der Waals surface area contributed by atoms with Gasteiger partial charge in [0.25, 0.3) is 5.91 Å². The molecule has 0 saturated carbocycles. The van der Waals surface area contributed by atoms with E-state index in [1.54, 1.807) is 30.1 Å². The first-order valence-electron chi connectivity index (χ1n) is 10.2. The lowest BCUT2D eigenvalue weighted by molar-refractivity contribution is -0.143. The Morgan fingerprint density at radius 3 is 2.76 bits per heavy atom. The highest BCUT2D eigenvalue weighted by Crippen LogP contribution is 2.37. The van der Waals surface area contributed by atoms with E-state index < -0.39 is 17.3 Å². The second kappa shape index (κ2) is 8.01. The predicted octanol–water partition coefficient (Wildman–Crippen LogP) is 2.93. The molecular formula is C22H20FN7O2S. The quantitative estimate of drug-likeness (QED) is 0.466. The van der Waals surface area contributed by atoms with Crippen LogP contribution in [0.15, 0.2) is 48.1 Å². The lowest BCUT2D eigenvalue weighted by Crippen LogP contribution is -2.36. The number of hydrogen-bond acceptors (Lipinski definition) is 8. The summed E-state index contributed by atoms with van der Waals surface area (Å²) in [5.41, 5.74) is -0.0880. The number of carbonyl (C=O) groups excluding carboxylic acids is 1. The van der Waals surface area contributed by atoms with Crippen molar-refractivity contribution in [3.05, 3.63) is 59.5 Å². The molecule has 1 amide bonds. The number of likely N-dealkylation sites (tertiary alicyclic amines) is 1. The van der Waals surface area contributed by atoms with E-state index in [2.05, 4.69) is 25.4 Å². The third kappa shape index (κ3) is 3.85. The summed E-state index contributed by atoms with van der Waals surface area (Å²) in [5, 5.41) is 20.7. The molecule has 2 N–H and O–H groups in total. The number of aliphatic hydroxyl groups is 1. The number of halogens is 1. The Morgan fingerprint density at radius 2 is 2.03 bits per heavy atom. The Kier molecular flexibility index (Phi) is 5.14. The fourth-order valence-corrected chi connectivity index (χ4v) is 4.56. The molecule has 4 heterocycles. The van der Waals surface area contributed by atoms with Crippen molar-refractivity contribution in [3.8, 4) is 22.0 Å². The molecule has 0 aliphatic carbocycles. The molecule has 5 rings (SSSR count). The summed E-state index contributed by atoms with van der Waals surface area (Å²) >= 11 is 1.38. The van der Waals surface area contributed by atoms with Crippen LogP contribution >= 0.6 is 11.3 Å². The standard InChI is InChI=1S/C22H20FN7O2S/c1-29-10-7-22(32,20(29)31)14-11-13(3-4-15(14)23)17-12-33-19(25-17)16-5-8-24-21(26-16)27-18-6-9-30(2)28-18/h3-6,8-9,11-12,32H,7,10H2,1-2H3,(H,24,26,27,28)/t22-/m1/s1. The van der Waals surface area contributed by atoms with Crippen molar-refractivity contribution in [3.63, 3.8) is 0 Å². The zero-order chi connectivity index (χ0) is 23.2. The van der Waals surface area contributed by atoms with Gasteiger partial charge in [-0.25, -0.2) is 19.3 Å². The number of carbonyl (C=O) groups is 1. The van der Waals surface area contributed by atoms with Crippen molar-refractivity contribution in [2.75, 3.05) is 18.9 Å². The minimum Gasteiger partial charge on any atom is -0.375 e. The van der Waals surface area contributed by atoms with E-state index in [1.165, 1.54) is 28.4 Å². The van der Waals surface area contributed by atoms with Crippen LogP contribution in [0.4, 0.5) is 16.2 Å². The first kappa shape index (κ1) is 21.2. The zero-order valence-corrected chi connectivity index (χ0v) is 18.7. The smallest absolute Gasteiger partial charge is 0.259 e. The summed E-state index contributed by atoms with van der Waals surface area (Å²) in [6.45, 7) is 0.364. The van der Waals surface area contributed by atoms with Gasteiger partial charge >= 0.3 is 0 Å². The van der Waals surface area contributed by atoms with E-state index >= 15 is 0 Å². The van der Waals surface area contributed by atoms with Gasteiger partial charge in [0.05, 0.1) is 5.69 Å². The molecule has 0 bridgehead atoms. The third-order valence-corrected chi connectivity index (χ3v) is 6.41. The number of benzene rings is 1. The molecule has 0 radical (unpaired) electrons. The summed E-state index contributed by atoms with van der Waals surface area (Å²) in [6, 6.07) is 7.90. The molecule has 168 valence electrons. The van der Waals surface area contributed by atoms with Gasteiger partial charge < -0.3 is 15.3 Å². The van der Waals surface area contributed by atoms with Crippen LogP contribution in [0.1, 0.15) is 12.0 Å². The monoisotopic (exact) mass is 465 g/mol. The SMILES string of the molecule is CN1CC[C@@](O)(c2cc(-c3csc(-c4ccnc(Nc5ccn(C)n5)n4)n3)ccc2F)C1=O. The number of nitrogens with one attached hydrogen (secondary N) is 1. The van der Waals surface area contributed by atoms with Gasteiger partial charge in [0.15, 0.2) is 11.4 Å². The van der Waals surface area contributed by atoms with Gasteiger partial charge in [-0.05, 0) is 24.3 Å². The average Bonchev–Trinajstić information content (AvgIpc) is 3.52. The predicted molar refractivity (Wildman–Crippen MR) is 121 cm³/mol. The number of nitrogens with zero attached hydrogens (tertiary/aromatic N) is 6. The van der Waals surface area contributed by atoms with Gasteiger partial charge in [0.2, 0.25) is 5.95 Å². The van der Waals surface area contributed by atoms with Crippen LogP contribution in [0.2, 0.25) is 0 Å². The maximum absolute atomic E-state index is 14.6. The van der Waals surface area contributed by atoms with E-state index in [-0.39, 0.29) is 12.0 Å². The highest BCUT2D eigenvalue weighted by Gasteiger charge is 2.46. The second-order valence-electron chi connectivity index (χ2n) is 7.83. The van der Waals surface area contributed by atoms with E-state index in [9.17, 15) is 14.3 Å². The van der Waals surface area contributed by atoms with Gasteiger partial charge in [-0.1, -0.05) is 0 Å². The molecule has 0 spiro atoms. The fourth-order valence-electron chi connectivity index (χ4n) is 3.76. The zero-order valence-electron chi connectivity index (χ0n) is 17.9. The molecule has 1 aliphatic rings. The van der Waals surface area contributed by atoms with Crippen LogP contribution in [0.5, 0.6) is 0 Å². The van der Waals surface area contributed by atoms with Crippen molar-refractivity contribution < 1.29 is 14.3 Å². The van der Waals surface area contributed by atoms with Gasteiger partial charge in [-0.3, -0.25) is 9.48 Å². The largest absolute Gasteiger partial charge is 0.375 e. The van der Waals surface area contributed by atoms with Crippen LogP contribution < -0.4 is 5.32 Å². The average molecular weight is 466 g/mol. The van der Waals surface area contributed by atoms with Crippen LogP contribution in [0, 0.1) is 5.82 Å². The molecule has 1 saturated heterocycles. The Balaban J connectivity index is 1.44. The molecule has 11 heteroatoms. The highest BCUT2D eigenvalue weighted by atomic mass is 32.1. The number of aromatic nitrogens is 5. The van der Waals surface area contributed by atoms with E-state index in [0.29, 0.717) is 40.3 Å². The van der Waals surface area contributed by atoms with Crippen molar-refractivity contribution >= 4 is 29.0 Å². The molecule has 33 heavy (non-hydrogen) atoms. The van der Waals surface area contributed by atoms with Gasteiger partial charge in [0.1, 0.15) is 16.5 Å². The van der Waals surface area contributed by atoms with Crippen LogP contribution in [-0.2, 0) is 17.4 Å². The lowest BCUT2D eigenvalue weighted by Gasteiger charge is -2.22. The van der Waals surface area contributed by atoms with Gasteiger partial charge in [0, 0.05) is 62.0 Å². The van der Waals surface area contributed by atoms with E-state index in [0.717, 1.165) is 0 Å². The molecule has 4 aromatic rings. The Labute approximate surface area is 192 Å². The maximum atomic E-state index is 14.6. The third-order valence-electron chi connectivity index (χ3n) is 5.55. The maximum Gasteiger partial charge on any atom is 0.259 e. The highest BCUT2D eigenvalue weighted by molar-refractivity contribution is 7.13. The summed E-state index contributed by atoms with van der Waals surface area (Å²) in [7, 11) is 3.41. The van der Waals surface area contributed by atoms with Gasteiger partial charge in [-0.15, -0.1) is 11.3 Å². The van der Waals surface area contributed by atoms with Crippen molar-refractivity contribution in [2.24, 2.45) is 7.05 Å². The Morgan fingerprint density at radius 1 is 1.18 bits per heavy atom. The van der Waals surface area contributed by atoms with Crippen molar-refractivity contribution in [2.45, 2.75) is 12.0 Å². The number of thiazole rings is 1. The minimum atomic E-state index is -1.87. The lowest BCUT2D eigenvalue weighted by atomic mass is 9.90. The summed E-state index contributed by atoms with van der Waals surface area (Å²) in [6.07, 6.45) is 3.57. The molecular weight excluding hydrogens is 445 g/mol. The molecule has 9 nitrogen and oxygen atoms in total. The van der Waals surface area contributed by atoms with Crippen LogP contribution in [0.3, 0.4) is 0 Å². The molecule has 1 aromatic carbocycles. The van der Waals surface area contributed by atoms with Crippen molar-refractivity contribution in [1.29, 1.82) is 0 Å². The van der Waals surface area contributed by atoms with Crippen LogP contribution in [-0.4, -0.2) is 54.2 Å². The molecule has 3 aromatic heterocycles. The van der Waals surface area contributed by atoms with Gasteiger partial charge in [-0.2, -0.15) is 5.10 Å². The minimum absolute atomic E-state index is 0.0345. The van der Waals surface area contributed by atoms with E-state index in [1.807, 2.05) is 24.7 Å². The van der Waals surface area contributed by atoms with E-state index in [4.69, 9.17) is 0 Å².